The van der Waals surface area contributed by atoms with Crippen molar-refractivity contribution in [3.63, 3.8) is 0 Å². The Bertz CT molecular complexity index is 1440. The summed E-state index contributed by atoms with van der Waals surface area (Å²) in [4.78, 5) is 43.5. The maximum atomic E-state index is 13.4. The predicted octanol–water partition coefficient (Wildman–Crippen LogP) is 2.71. The van der Waals surface area contributed by atoms with Crippen molar-refractivity contribution in [2.24, 2.45) is 4.99 Å². The van der Waals surface area contributed by atoms with Crippen molar-refractivity contribution in [3.8, 4) is 0 Å². The summed E-state index contributed by atoms with van der Waals surface area (Å²) in [6, 6.07) is 15.2. The molecule has 0 saturated carbocycles. The van der Waals surface area contributed by atoms with Crippen molar-refractivity contribution >= 4 is 46.6 Å². The predicted molar refractivity (Wildman–Crippen MR) is 125 cm³/mol. The highest BCUT2D eigenvalue weighted by atomic mass is 35.5. The molecule has 0 spiro atoms. The zero-order valence-electron chi connectivity index (χ0n) is 17.8. The summed E-state index contributed by atoms with van der Waals surface area (Å²) >= 11 is 7.57. The third kappa shape index (κ3) is 4.27. The second-order valence-corrected chi connectivity index (χ2v) is 8.39. The van der Waals surface area contributed by atoms with Crippen molar-refractivity contribution in [1.82, 2.24) is 4.57 Å². The van der Waals surface area contributed by atoms with E-state index in [9.17, 15) is 14.4 Å². The Balaban J connectivity index is 2.12. The van der Waals surface area contributed by atoms with Crippen LogP contribution in [0.15, 0.2) is 70.0 Å². The van der Waals surface area contributed by atoms with Crippen LogP contribution in [-0.4, -0.2) is 30.2 Å². The Hall–Kier alpha value is -3.49. The van der Waals surface area contributed by atoms with Gasteiger partial charge in [-0.3, -0.25) is 9.36 Å². The van der Waals surface area contributed by atoms with E-state index in [2.05, 4.69) is 9.73 Å². The summed E-state index contributed by atoms with van der Waals surface area (Å²) in [5.41, 5.74) is 1.31. The minimum absolute atomic E-state index is 0.134. The van der Waals surface area contributed by atoms with Gasteiger partial charge in [-0.05, 0) is 18.6 Å². The standard InChI is InChI=1S/C24H19ClN2O5S/c1-3-32-23(30)19-20(14-9-5-4-6-10-14)26-24-27(21(19)15-11-7-8-12-16(15)25)22(29)17(33-24)13-18(28)31-2/h4-13,21H,3H2,1-2H3/b17-13-. The molecule has 3 aromatic rings. The summed E-state index contributed by atoms with van der Waals surface area (Å²) in [6.45, 7) is 1.85. The number of carbonyl (C=O) groups excluding carboxylic acids is 2. The molecule has 0 saturated heterocycles. The lowest BCUT2D eigenvalue weighted by atomic mass is 9.93. The summed E-state index contributed by atoms with van der Waals surface area (Å²) in [7, 11) is 1.23. The average Bonchev–Trinajstić information content (AvgIpc) is 3.13. The molecule has 4 rings (SSSR count). The SMILES string of the molecule is CCOC(=O)C1=C(c2ccccc2)N=c2s/c(=C\C(=O)OC)c(=O)n2C1c1ccccc1Cl. The third-order valence-electron chi connectivity index (χ3n) is 5.02. The zero-order chi connectivity index (χ0) is 23.5. The van der Waals surface area contributed by atoms with Crippen LogP contribution < -0.4 is 14.9 Å². The number of halogens is 1. The number of rotatable bonds is 5. The average molecular weight is 483 g/mol. The molecule has 1 aromatic heterocycles. The largest absolute Gasteiger partial charge is 0.466 e. The Labute approximate surface area is 197 Å². The normalized spacial score (nSPS) is 15.6. The summed E-state index contributed by atoms with van der Waals surface area (Å²) in [5.74, 6) is -1.27. The summed E-state index contributed by atoms with van der Waals surface area (Å²) < 4.78 is 11.6. The van der Waals surface area contributed by atoms with Crippen LogP contribution >= 0.6 is 22.9 Å². The second kappa shape index (κ2) is 9.56. The monoisotopic (exact) mass is 482 g/mol. The number of benzene rings is 2. The smallest absolute Gasteiger partial charge is 0.338 e. The number of aromatic nitrogens is 1. The Morgan fingerprint density at radius 1 is 1.15 bits per heavy atom. The lowest BCUT2D eigenvalue weighted by Gasteiger charge is -2.26. The molecule has 168 valence electrons. The number of thiazole rings is 1. The van der Waals surface area contributed by atoms with E-state index in [0.29, 0.717) is 26.6 Å². The number of hydrogen-bond acceptors (Lipinski definition) is 7. The van der Waals surface area contributed by atoms with Crippen molar-refractivity contribution in [1.29, 1.82) is 0 Å². The van der Waals surface area contributed by atoms with Crippen LogP contribution in [0.3, 0.4) is 0 Å². The van der Waals surface area contributed by atoms with Crippen LogP contribution in [0.5, 0.6) is 0 Å². The molecule has 33 heavy (non-hydrogen) atoms. The number of hydrogen-bond donors (Lipinski definition) is 0. The van der Waals surface area contributed by atoms with E-state index in [-0.39, 0.29) is 16.7 Å². The molecular weight excluding hydrogens is 464 g/mol. The molecule has 0 N–H and O–H groups in total. The van der Waals surface area contributed by atoms with Crippen molar-refractivity contribution < 1.29 is 19.1 Å². The number of carbonyl (C=O) groups is 2. The highest BCUT2D eigenvalue weighted by Crippen LogP contribution is 2.37. The minimum Gasteiger partial charge on any atom is -0.466 e. The van der Waals surface area contributed by atoms with Crippen molar-refractivity contribution in [3.05, 3.63) is 96.0 Å². The number of methoxy groups -OCH3 is 1. The van der Waals surface area contributed by atoms with Gasteiger partial charge in [0.15, 0.2) is 4.80 Å². The van der Waals surface area contributed by atoms with Crippen molar-refractivity contribution in [2.45, 2.75) is 13.0 Å². The molecule has 0 amide bonds. The van der Waals surface area contributed by atoms with Gasteiger partial charge in [-0.1, -0.05) is 71.5 Å². The highest BCUT2D eigenvalue weighted by molar-refractivity contribution is 7.07. The molecule has 7 nitrogen and oxygen atoms in total. The van der Waals surface area contributed by atoms with Crippen molar-refractivity contribution in [2.75, 3.05) is 13.7 Å². The third-order valence-corrected chi connectivity index (χ3v) is 6.35. The minimum atomic E-state index is -0.899. The molecule has 0 aliphatic carbocycles. The summed E-state index contributed by atoms with van der Waals surface area (Å²) in [5, 5.41) is 0.376. The maximum absolute atomic E-state index is 13.4. The van der Waals surface area contributed by atoms with Crippen LogP contribution in [0.25, 0.3) is 11.8 Å². The van der Waals surface area contributed by atoms with Crippen LogP contribution in [0.1, 0.15) is 24.1 Å². The van der Waals surface area contributed by atoms with E-state index in [1.807, 2.05) is 30.3 Å². The molecule has 1 unspecified atom stereocenters. The van der Waals surface area contributed by atoms with E-state index in [0.717, 1.165) is 17.4 Å². The first kappa shape index (κ1) is 22.7. The van der Waals surface area contributed by atoms with E-state index in [1.165, 1.54) is 11.7 Å². The fourth-order valence-corrected chi connectivity index (χ4v) is 4.80. The molecule has 0 fully saturated rings. The van der Waals surface area contributed by atoms with Gasteiger partial charge < -0.3 is 9.47 Å². The van der Waals surface area contributed by atoms with Gasteiger partial charge >= 0.3 is 11.9 Å². The molecule has 9 heteroatoms. The molecule has 1 aliphatic heterocycles. The molecule has 0 bridgehead atoms. The number of esters is 2. The van der Waals surface area contributed by atoms with Crippen LogP contribution in [-0.2, 0) is 19.1 Å². The van der Waals surface area contributed by atoms with Crippen LogP contribution in [0.4, 0.5) is 0 Å². The number of nitrogens with zero attached hydrogens (tertiary/aromatic N) is 2. The second-order valence-electron chi connectivity index (χ2n) is 6.98. The van der Waals surface area contributed by atoms with E-state index in [1.54, 1.807) is 31.2 Å². The number of ether oxygens (including phenoxy) is 2. The molecule has 1 atom stereocenters. The molecule has 0 radical (unpaired) electrons. The first-order valence-electron chi connectivity index (χ1n) is 10.1. The zero-order valence-corrected chi connectivity index (χ0v) is 19.4. The van der Waals surface area contributed by atoms with Gasteiger partial charge in [-0.25, -0.2) is 14.6 Å². The van der Waals surface area contributed by atoms with E-state index < -0.39 is 23.5 Å². The van der Waals surface area contributed by atoms with E-state index in [4.69, 9.17) is 16.3 Å². The highest BCUT2D eigenvalue weighted by Gasteiger charge is 2.36. The summed E-state index contributed by atoms with van der Waals surface area (Å²) in [6.07, 6.45) is 1.11. The molecule has 1 aliphatic rings. The van der Waals surface area contributed by atoms with Gasteiger partial charge in [0.2, 0.25) is 0 Å². The van der Waals surface area contributed by atoms with Crippen LogP contribution in [0.2, 0.25) is 5.02 Å². The fourth-order valence-electron chi connectivity index (χ4n) is 3.60. The Kier molecular flexibility index (Phi) is 6.57. The lowest BCUT2D eigenvalue weighted by Crippen LogP contribution is -2.40. The molecule has 2 aromatic carbocycles. The van der Waals surface area contributed by atoms with Gasteiger partial charge in [0.25, 0.3) is 5.56 Å². The van der Waals surface area contributed by atoms with E-state index >= 15 is 0 Å². The maximum Gasteiger partial charge on any atom is 0.338 e. The Morgan fingerprint density at radius 3 is 2.52 bits per heavy atom. The van der Waals surface area contributed by atoms with Crippen LogP contribution in [0, 0.1) is 0 Å². The first-order valence-corrected chi connectivity index (χ1v) is 11.3. The Morgan fingerprint density at radius 2 is 1.85 bits per heavy atom. The first-order chi connectivity index (χ1) is 16.0. The number of fused-ring (bicyclic) bond motifs is 1. The van der Waals surface area contributed by atoms with Gasteiger partial charge in [-0.15, -0.1) is 0 Å². The lowest BCUT2D eigenvalue weighted by molar-refractivity contribution is -0.139. The molecule has 2 heterocycles. The van der Waals surface area contributed by atoms with Gasteiger partial charge in [0.05, 0.1) is 25.0 Å². The van der Waals surface area contributed by atoms with Gasteiger partial charge in [0, 0.05) is 16.7 Å². The topological polar surface area (TPSA) is 87.0 Å². The quantitative estimate of drug-likeness (QED) is 0.522. The molecular formula is C24H19ClN2O5S. The van der Waals surface area contributed by atoms with Gasteiger partial charge in [0.1, 0.15) is 10.6 Å². The van der Waals surface area contributed by atoms with Gasteiger partial charge in [-0.2, -0.15) is 0 Å². The fraction of sp³-hybridized carbons (Fsp3) is 0.167.